The maximum absolute atomic E-state index is 12.8. The van der Waals surface area contributed by atoms with Crippen molar-refractivity contribution in [3.8, 4) is 0 Å². The summed E-state index contributed by atoms with van der Waals surface area (Å²) in [5.41, 5.74) is 3.62. The summed E-state index contributed by atoms with van der Waals surface area (Å²) in [6.07, 6.45) is 1.75. The number of benzene rings is 1. The number of piperazine rings is 1. The standard InChI is InChI=1S/C19H25BrN4O/c1-14-5-4-6-17(11-14)13-22-7-9-23(10-8-22)19(25)16(3)24-15(2)18(20)12-21-24/h4-6,11-12,16H,7-10,13H2,1-3H3. The monoisotopic (exact) mass is 404 g/mol. The highest BCUT2D eigenvalue weighted by Crippen LogP contribution is 2.20. The third kappa shape index (κ3) is 4.12. The summed E-state index contributed by atoms with van der Waals surface area (Å²) in [7, 11) is 0. The first-order valence-electron chi connectivity index (χ1n) is 8.72. The molecule has 3 rings (SSSR count). The minimum absolute atomic E-state index is 0.147. The van der Waals surface area contributed by atoms with E-state index < -0.39 is 0 Å². The van der Waals surface area contributed by atoms with Gasteiger partial charge in [-0.3, -0.25) is 14.4 Å². The molecule has 0 spiro atoms. The zero-order valence-corrected chi connectivity index (χ0v) is 16.7. The van der Waals surface area contributed by atoms with Crippen LogP contribution in [0.25, 0.3) is 0 Å². The molecule has 1 aromatic carbocycles. The summed E-state index contributed by atoms with van der Waals surface area (Å²) in [5, 5.41) is 4.32. The molecule has 0 radical (unpaired) electrons. The van der Waals surface area contributed by atoms with Gasteiger partial charge in [0, 0.05) is 32.7 Å². The Bertz CT molecular complexity index is 750. The van der Waals surface area contributed by atoms with Crippen molar-refractivity contribution >= 4 is 21.8 Å². The van der Waals surface area contributed by atoms with E-state index in [1.54, 1.807) is 10.9 Å². The van der Waals surface area contributed by atoms with Gasteiger partial charge in [0.15, 0.2) is 0 Å². The number of hydrogen-bond acceptors (Lipinski definition) is 3. The highest BCUT2D eigenvalue weighted by molar-refractivity contribution is 9.10. The zero-order chi connectivity index (χ0) is 18.0. The molecule has 0 N–H and O–H groups in total. The molecule has 1 aliphatic heterocycles. The number of aromatic nitrogens is 2. The molecule has 6 heteroatoms. The van der Waals surface area contributed by atoms with Gasteiger partial charge in [-0.1, -0.05) is 29.8 Å². The molecule has 1 atom stereocenters. The third-order valence-electron chi connectivity index (χ3n) is 4.88. The second kappa shape index (κ2) is 7.70. The zero-order valence-electron chi connectivity index (χ0n) is 15.1. The van der Waals surface area contributed by atoms with Crippen molar-refractivity contribution in [2.75, 3.05) is 26.2 Å². The number of amides is 1. The summed E-state index contributed by atoms with van der Waals surface area (Å²) in [5.74, 6) is 0.147. The van der Waals surface area contributed by atoms with Crippen molar-refractivity contribution in [3.05, 3.63) is 51.8 Å². The van der Waals surface area contributed by atoms with E-state index >= 15 is 0 Å². The number of nitrogens with zero attached hydrogens (tertiary/aromatic N) is 4. The Labute approximate surface area is 157 Å². The smallest absolute Gasteiger partial charge is 0.247 e. The fraction of sp³-hybridized carbons (Fsp3) is 0.474. The van der Waals surface area contributed by atoms with Gasteiger partial charge < -0.3 is 4.90 Å². The Morgan fingerprint density at radius 1 is 1.24 bits per heavy atom. The number of carbonyl (C=O) groups excluding carboxylic acids is 1. The van der Waals surface area contributed by atoms with Crippen molar-refractivity contribution in [1.29, 1.82) is 0 Å². The van der Waals surface area contributed by atoms with Crippen molar-refractivity contribution in [1.82, 2.24) is 19.6 Å². The van der Waals surface area contributed by atoms with Gasteiger partial charge in [0.25, 0.3) is 0 Å². The summed E-state index contributed by atoms with van der Waals surface area (Å²) >= 11 is 3.46. The van der Waals surface area contributed by atoms with Crippen molar-refractivity contribution in [2.24, 2.45) is 0 Å². The van der Waals surface area contributed by atoms with E-state index in [0.29, 0.717) is 0 Å². The minimum Gasteiger partial charge on any atom is -0.338 e. The van der Waals surface area contributed by atoms with E-state index in [-0.39, 0.29) is 11.9 Å². The molecule has 2 aromatic rings. The number of rotatable bonds is 4. The predicted molar refractivity (Wildman–Crippen MR) is 102 cm³/mol. The fourth-order valence-electron chi connectivity index (χ4n) is 3.36. The molecule has 1 aromatic heterocycles. The van der Waals surface area contributed by atoms with Crippen LogP contribution in [0, 0.1) is 13.8 Å². The molecule has 1 amide bonds. The lowest BCUT2D eigenvalue weighted by molar-refractivity contribution is -0.136. The van der Waals surface area contributed by atoms with Crippen LogP contribution in [0.4, 0.5) is 0 Å². The molecule has 5 nitrogen and oxygen atoms in total. The van der Waals surface area contributed by atoms with Gasteiger partial charge >= 0.3 is 0 Å². The van der Waals surface area contributed by atoms with E-state index in [2.05, 4.69) is 57.1 Å². The summed E-state index contributed by atoms with van der Waals surface area (Å²) < 4.78 is 2.74. The Balaban J connectivity index is 1.56. The number of hydrogen-bond donors (Lipinski definition) is 0. The quantitative estimate of drug-likeness (QED) is 0.785. The van der Waals surface area contributed by atoms with Crippen LogP contribution in [0.5, 0.6) is 0 Å². The first-order valence-corrected chi connectivity index (χ1v) is 9.51. The van der Waals surface area contributed by atoms with Crippen LogP contribution in [0.1, 0.15) is 29.8 Å². The fourth-order valence-corrected chi connectivity index (χ4v) is 3.63. The Morgan fingerprint density at radius 3 is 2.56 bits per heavy atom. The predicted octanol–water partition coefficient (Wildman–Crippen LogP) is 3.17. The van der Waals surface area contributed by atoms with Gasteiger partial charge in [0.05, 0.1) is 16.4 Å². The molecule has 0 bridgehead atoms. The highest BCUT2D eigenvalue weighted by Gasteiger charge is 2.27. The lowest BCUT2D eigenvalue weighted by atomic mass is 10.1. The van der Waals surface area contributed by atoms with Crippen molar-refractivity contribution in [3.63, 3.8) is 0 Å². The number of halogens is 1. The minimum atomic E-state index is -0.269. The molecule has 25 heavy (non-hydrogen) atoms. The van der Waals surface area contributed by atoms with Gasteiger partial charge in [-0.05, 0) is 42.3 Å². The third-order valence-corrected chi connectivity index (χ3v) is 5.66. The molecule has 2 heterocycles. The van der Waals surface area contributed by atoms with Crippen LogP contribution >= 0.6 is 15.9 Å². The van der Waals surface area contributed by atoms with Gasteiger partial charge in [0.1, 0.15) is 6.04 Å². The highest BCUT2D eigenvalue weighted by atomic mass is 79.9. The molecule has 1 saturated heterocycles. The SMILES string of the molecule is Cc1cccc(CN2CCN(C(=O)C(C)n3ncc(Br)c3C)CC2)c1. The second-order valence-electron chi connectivity index (χ2n) is 6.79. The average molecular weight is 405 g/mol. The maximum atomic E-state index is 12.8. The molecule has 0 saturated carbocycles. The molecule has 1 unspecified atom stereocenters. The number of carbonyl (C=O) groups is 1. The van der Waals surface area contributed by atoms with Crippen LogP contribution < -0.4 is 0 Å². The topological polar surface area (TPSA) is 41.4 Å². The summed E-state index contributed by atoms with van der Waals surface area (Å²) in [6, 6.07) is 8.37. The van der Waals surface area contributed by atoms with E-state index in [1.807, 2.05) is 18.7 Å². The Kier molecular flexibility index (Phi) is 5.59. The van der Waals surface area contributed by atoms with Gasteiger partial charge in [-0.25, -0.2) is 0 Å². The van der Waals surface area contributed by atoms with Crippen LogP contribution in [0.2, 0.25) is 0 Å². The summed E-state index contributed by atoms with van der Waals surface area (Å²) in [6.45, 7) is 10.3. The first kappa shape index (κ1) is 18.1. The van der Waals surface area contributed by atoms with E-state index in [4.69, 9.17) is 0 Å². The van der Waals surface area contributed by atoms with Gasteiger partial charge in [-0.2, -0.15) is 5.10 Å². The molecule has 134 valence electrons. The number of aryl methyl sites for hydroxylation is 1. The lowest BCUT2D eigenvalue weighted by Gasteiger charge is -2.36. The van der Waals surface area contributed by atoms with Crippen LogP contribution in [0.3, 0.4) is 0 Å². The Morgan fingerprint density at radius 2 is 1.96 bits per heavy atom. The van der Waals surface area contributed by atoms with Crippen molar-refractivity contribution < 1.29 is 4.79 Å². The van der Waals surface area contributed by atoms with E-state index in [0.717, 1.165) is 42.9 Å². The normalized spacial score (nSPS) is 16.9. The molecule has 1 fully saturated rings. The maximum Gasteiger partial charge on any atom is 0.247 e. The van der Waals surface area contributed by atoms with Crippen molar-refractivity contribution in [2.45, 2.75) is 33.4 Å². The molecular formula is C19H25BrN4O. The Hall–Kier alpha value is -1.66. The lowest BCUT2D eigenvalue weighted by Crippen LogP contribution is -2.50. The van der Waals surface area contributed by atoms with Gasteiger partial charge in [0.2, 0.25) is 5.91 Å². The van der Waals surface area contributed by atoms with Crippen LogP contribution in [-0.4, -0.2) is 51.7 Å². The second-order valence-corrected chi connectivity index (χ2v) is 7.64. The van der Waals surface area contributed by atoms with E-state index in [9.17, 15) is 4.79 Å². The van der Waals surface area contributed by atoms with Crippen LogP contribution in [-0.2, 0) is 11.3 Å². The van der Waals surface area contributed by atoms with Gasteiger partial charge in [-0.15, -0.1) is 0 Å². The van der Waals surface area contributed by atoms with Crippen LogP contribution in [0.15, 0.2) is 34.9 Å². The molecular weight excluding hydrogens is 380 g/mol. The van der Waals surface area contributed by atoms with E-state index in [1.165, 1.54) is 11.1 Å². The summed E-state index contributed by atoms with van der Waals surface area (Å²) in [4.78, 5) is 17.2. The molecule has 1 aliphatic rings. The molecule has 0 aliphatic carbocycles. The average Bonchev–Trinajstić information content (AvgIpc) is 2.93. The largest absolute Gasteiger partial charge is 0.338 e. The first-order chi connectivity index (χ1) is 12.0.